The second-order valence-corrected chi connectivity index (χ2v) is 7.48. The van der Waals surface area contributed by atoms with Crippen LogP contribution >= 0.6 is 12.2 Å². The fraction of sp³-hybridized carbons (Fsp3) is 0.550. The number of benzene rings is 1. The molecule has 0 amide bonds. The molecular formula is C20H31N3OS. The fourth-order valence-electron chi connectivity index (χ4n) is 3.47. The molecule has 0 spiro atoms. The zero-order chi connectivity index (χ0) is 18.1. The third-order valence-electron chi connectivity index (χ3n) is 4.34. The topological polar surface area (TPSA) is 36.5 Å². The molecule has 2 N–H and O–H groups in total. The van der Waals surface area contributed by atoms with Crippen LogP contribution in [0.3, 0.4) is 0 Å². The number of anilines is 1. The van der Waals surface area contributed by atoms with Crippen LogP contribution in [0.2, 0.25) is 0 Å². The van der Waals surface area contributed by atoms with E-state index in [1.807, 2.05) is 24.3 Å². The number of rotatable bonds is 8. The first-order valence-electron chi connectivity index (χ1n) is 9.17. The second-order valence-electron chi connectivity index (χ2n) is 7.07. The lowest BCUT2D eigenvalue weighted by Crippen LogP contribution is -2.40. The number of thiocarbonyl (C=S) groups is 1. The lowest BCUT2D eigenvalue weighted by atomic mass is 9.92. The van der Waals surface area contributed by atoms with Gasteiger partial charge in [-0.1, -0.05) is 32.6 Å². The van der Waals surface area contributed by atoms with Gasteiger partial charge in [0.2, 0.25) is 0 Å². The SMILES string of the molecule is C=CCOc1cccc(NC(=S)NCCCN2CC(C)CC(C)C2)c1. The number of nitrogens with one attached hydrogen (secondary N) is 2. The maximum Gasteiger partial charge on any atom is 0.170 e. The van der Waals surface area contributed by atoms with Crippen molar-refractivity contribution in [2.24, 2.45) is 11.8 Å². The Kier molecular flexibility index (Phi) is 8.22. The minimum absolute atomic E-state index is 0.500. The molecule has 4 nitrogen and oxygen atoms in total. The average Bonchev–Trinajstić information content (AvgIpc) is 2.56. The third-order valence-corrected chi connectivity index (χ3v) is 4.59. The summed E-state index contributed by atoms with van der Waals surface area (Å²) in [6.07, 6.45) is 4.19. The highest BCUT2D eigenvalue weighted by Gasteiger charge is 2.20. The van der Waals surface area contributed by atoms with E-state index in [1.54, 1.807) is 6.08 Å². The summed E-state index contributed by atoms with van der Waals surface area (Å²) in [5, 5.41) is 7.16. The van der Waals surface area contributed by atoms with Crippen LogP contribution in [0.5, 0.6) is 5.75 Å². The van der Waals surface area contributed by atoms with Crippen molar-refractivity contribution < 1.29 is 4.74 Å². The van der Waals surface area contributed by atoms with E-state index in [1.165, 1.54) is 19.5 Å². The summed E-state index contributed by atoms with van der Waals surface area (Å²) in [5.74, 6) is 2.44. The maximum atomic E-state index is 5.53. The zero-order valence-corrected chi connectivity index (χ0v) is 16.3. The van der Waals surface area contributed by atoms with Crippen LogP contribution < -0.4 is 15.4 Å². The van der Waals surface area contributed by atoms with E-state index in [0.29, 0.717) is 11.7 Å². The molecule has 1 fully saturated rings. The van der Waals surface area contributed by atoms with Crippen LogP contribution in [-0.2, 0) is 0 Å². The molecule has 2 rings (SSSR count). The van der Waals surface area contributed by atoms with Gasteiger partial charge in [-0.15, -0.1) is 0 Å². The molecule has 5 heteroatoms. The molecule has 2 atom stereocenters. The number of hydrogen-bond donors (Lipinski definition) is 2. The Morgan fingerprint density at radius 3 is 2.84 bits per heavy atom. The summed E-state index contributed by atoms with van der Waals surface area (Å²) in [7, 11) is 0. The Bertz CT molecular complexity index is 554. The second kappa shape index (κ2) is 10.4. The van der Waals surface area contributed by atoms with Gasteiger partial charge in [-0.2, -0.15) is 0 Å². The predicted molar refractivity (Wildman–Crippen MR) is 110 cm³/mol. The molecule has 0 radical (unpaired) electrons. The van der Waals surface area contributed by atoms with Crippen molar-refractivity contribution in [2.45, 2.75) is 26.7 Å². The summed E-state index contributed by atoms with van der Waals surface area (Å²) >= 11 is 5.38. The highest BCUT2D eigenvalue weighted by atomic mass is 32.1. The molecule has 0 saturated carbocycles. The third kappa shape index (κ3) is 7.45. The lowest BCUT2D eigenvalue weighted by molar-refractivity contribution is 0.140. The van der Waals surface area contributed by atoms with Gasteiger partial charge >= 0.3 is 0 Å². The van der Waals surface area contributed by atoms with Gasteiger partial charge in [-0.3, -0.25) is 0 Å². The molecule has 1 aromatic carbocycles. The Balaban J connectivity index is 1.66. The van der Waals surface area contributed by atoms with Crippen molar-refractivity contribution in [1.29, 1.82) is 0 Å². The van der Waals surface area contributed by atoms with E-state index in [2.05, 4.69) is 36.0 Å². The highest BCUT2D eigenvalue weighted by Crippen LogP contribution is 2.20. The highest BCUT2D eigenvalue weighted by molar-refractivity contribution is 7.80. The van der Waals surface area contributed by atoms with Gasteiger partial charge < -0.3 is 20.3 Å². The minimum Gasteiger partial charge on any atom is -0.489 e. The number of nitrogens with zero attached hydrogens (tertiary/aromatic N) is 1. The van der Waals surface area contributed by atoms with Gasteiger partial charge in [0.15, 0.2) is 5.11 Å². The van der Waals surface area contributed by atoms with Crippen molar-refractivity contribution in [2.75, 3.05) is 38.1 Å². The Hall–Kier alpha value is -1.59. The van der Waals surface area contributed by atoms with Crippen molar-refractivity contribution >= 4 is 23.0 Å². The Labute approximate surface area is 157 Å². The fourth-order valence-corrected chi connectivity index (χ4v) is 3.69. The molecule has 138 valence electrons. The summed E-state index contributed by atoms with van der Waals surface area (Å²) < 4.78 is 5.53. The van der Waals surface area contributed by atoms with Gasteiger partial charge in [0.25, 0.3) is 0 Å². The van der Waals surface area contributed by atoms with Crippen molar-refractivity contribution in [3.8, 4) is 5.75 Å². The van der Waals surface area contributed by atoms with Crippen LogP contribution in [0.25, 0.3) is 0 Å². The van der Waals surface area contributed by atoms with Crippen LogP contribution in [-0.4, -0.2) is 42.8 Å². The van der Waals surface area contributed by atoms with Gasteiger partial charge in [-0.05, 0) is 55.6 Å². The first-order chi connectivity index (χ1) is 12.1. The van der Waals surface area contributed by atoms with Gasteiger partial charge in [0.1, 0.15) is 12.4 Å². The number of piperidine rings is 1. The van der Waals surface area contributed by atoms with E-state index in [0.717, 1.165) is 42.8 Å². The molecular weight excluding hydrogens is 330 g/mol. The minimum atomic E-state index is 0.500. The smallest absolute Gasteiger partial charge is 0.170 e. The molecule has 1 aliphatic heterocycles. The quantitative estimate of drug-likeness (QED) is 0.417. The molecule has 0 aromatic heterocycles. The molecule has 1 saturated heterocycles. The van der Waals surface area contributed by atoms with E-state index < -0.39 is 0 Å². The van der Waals surface area contributed by atoms with E-state index >= 15 is 0 Å². The largest absolute Gasteiger partial charge is 0.489 e. The maximum absolute atomic E-state index is 5.53. The Morgan fingerprint density at radius 1 is 1.36 bits per heavy atom. The summed E-state index contributed by atoms with van der Waals surface area (Å²) in [5.41, 5.74) is 0.928. The van der Waals surface area contributed by atoms with Gasteiger partial charge in [0, 0.05) is 31.4 Å². The standard InChI is InChI=1S/C20H31N3OS/c1-4-11-24-19-8-5-7-18(13-19)22-20(25)21-9-6-10-23-14-16(2)12-17(3)15-23/h4-5,7-8,13,16-17H,1,6,9-12,14-15H2,2-3H3,(H2,21,22,25). The van der Waals surface area contributed by atoms with Crippen LogP contribution in [0.15, 0.2) is 36.9 Å². The average molecular weight is 362 g/mol. The molecule has 1 heterocycles. The molecule has 0 aliphatic carbocycles. The first-order valence-corrected chi connectivity index (χ1v) is 9.58. The monoisotopic (exact) mass is 361 g/mol. The van der Waals surface area contributed by atoms with E-state index in [9.17, 15) is 0 Å². The summed E-state index contributed by atoms with van der Waals surface area (Å²) in [6, 6.07) is 7.78. The van der Waals surface area contributed by atoms with E-state index in [-0.39, 0.29) is 0 Å². The molecule has 2 unspecified atom stereocenters. The number of hydrogen-bond acceptors (Lipinski definition) is 3. The van der Waals surface area contributed by atoms with Crippen molar-refractivity contribution in [1.82, 2.24) is 10.2 Å². The molecule has 25 heavy (non-hydrogen) atoms. The number of likely N-dealkylation sites (tertiary alicyclic amines) is 1. The van der Waals surface area contributed by atoms with E-state index in [4.69, 9.17) is 17.0 Å². The normalized spacial score (nSPS) is 20.7. The van der Waals surface area contributed by atoms with Crippen molar-refractivity contribution in [3.63, 3.8) is 0 Å². The van der Waals surface area contributed by atoms with Crippen LogP contribution in [0.4, 0.5) is 5.69 Å². The van der Waals surface area contributed by atoms with Gasteiger partial charge in [-0.25, -0.2) is 0 Å². The predicted octanol–water partition coefficient (Wildman–Crippen LogP) is 3.91. The molecule has 1 aromatic rings. The van der Waals surface area contributed by atoms with Crippen LogP contribution in [0.1, 0.15) is 26.7 Å². The summed E-state index contributed by atoms with van der Waals surface area (Å²) in [4.78, 5) is 2.58. The zero-order valence-electron chi connectivity index (χ0n) is 15.5. The summed E-state index contributed by atoms with van der Waals surface area (Å²) in [6.45, 7) is 13.3. The van der Waals surface area contributed by atoms with Crippen LogP contribution in [0, 0.1) is 11.8 Å². The van der Waals surface area contributed by atoms with Crippen molar-refractivity contribution in [3.05, 3.63) is 36.9 Å². The number of ether oxygens (including phenoxy) is 1. The Morgan fingerprint density at radius 2 is 2.12 bits per heavy atom. The van der Waals surface area contributed by atoms with Gasteiger partial charge in [0.05, 0.1) is 0 Å². The molecule has 1 aliphatic rings. The first kappa shape index (κ1) is 19.7. The lowest BCUT2D eigenvalue weighted by Gasteiger charge is -2.35. The molecule has 0 bridgehead atoms.